The van der Waals surface area contributed by atoms with Crippen molar-refractivity contribution in [1.29, 1.82) is 0 Å². The van der Waals surface area contributed by atoms with Gasteiger partial charge in [-0.2, -0.15) is 0 Å². The minimum absolute atomic E-state index is 0.109. The first-order chi connectivity index (χ1) is 23.1. The SMILES string of the molecule is CCOC(=O)C(CC(C)C)NC(=O)NC1C=C(Br)C(C)(O)C(Br)=C1.CCOC(=O)C(Cc1ccccc1)NC(=O)Nc1ccc(O)cc1O. The van der Waals surface area contributed by atoms with Crippen LogP contribution >= 0.6 is 31.9 Å². The Morgan fingerprint density at radius 1 is 0.857 bits per heavy atom. The van der Waals surface area contributed by atoms with Crippen molar-refractivity contribution < 1.29 is 44.0 Å². The molecule has 0 aromatic heterocycles. The standard InChI is InChI=1S/C18H20N2O5.C16H24Br2N2O4/c1-2-25-17(23)15(10-12-6-4-3-5-7-12)20-18(24)19-14-9-8-13(21)11-16(14)22;1-5-24-14(21)11(6-9(2)3)20-15(22)19-10-7-12(17)16(4,23)13(18)8-10/h3-9,11,15,21-22H,2,10H2,1H3,(H2,19,20,24);7-11,23H,5-6H2,1-4H3,(H2,19,20,22). The van der Waals surface area contributed by atoms with Crippen molar-refractivity contribution in [2.75, 3.05) is 18.5 Å². The average Bonchev–Trinajstić information content (AvgIpc) is 3.02. The summed E-state index contributed by atoms with van der Waals surface area (Å²) in [7, 11) is 0. The molecule has 0 fully saturated rings. The van der Waals surface area contributed by atoms with Crippen LogP contribution in [0.3, 0.4) is 0 Å². The monoisotopic (exact) mass is 810 g/mol. The number of ether oxygens (including phenoxy) is 2. The Labute approximate surface area is 302 Å². The van der Waals surface area contributed by atoms with Crippen molar-refractivity contribution in [3.05, 3.63) is 75.2 Å². The molecule has 3 rings (SSSR count). The number of rotatable bonds is 12. The van der Waals surface area contributed by atoms with Gasteiger partial charge < -0.3 is 46.1 Å². The lowest BCUT2D eigenvalue weighted by Crippen LogP contribution is -2.50. The van der Waals surface area contributed by atoms with Crippen molar-refractivity contribution in [2.45, 2.75) is 71.2 Å². The number of hydrogen-bond acceptors (Lipinski definition) is 9. The van der Waals surface area contributed by atoms with Gasteiger partial charge in [-0.05, 0) is 63.0 Å². The van der Waals surface area contributed by atoms with Crippen LogP contribution in [0.5, 0.6) is 11.5 Å². The molecule has 268 valence electrons. The molecule has 4 amide bonds. The molecule has 1 aliphatic rings. The number of carbonyl (C=O) groups excluding carboxylic acids is 4. The lowest BCUT2D eigenvalue weighted by atomic mass is 9.98. The Bertz CT molecular complexity index is 1480. The second-order valence-electron chi connectivity index (χ2n) is 11.5. The number of phenols is 2. The van der Waals surface area contributed by atoms with Crippen LogP contribution in [-0.4, -0.2) is 76.3 Å². The largest absolute Gasteiger partial charge is 0.508 e. The first kappa shape index (κ1) is 41.1. The predicted octanol–water partition coefficient (Wildman–Crippen LogP) is 5.35. The van der Waals surface area contributed by atoms with Gasteiger partial charge in [-0.25, -0.2) is 19.2 Å². The molecule has 49 heavy (non-hydrogen) atoms. The first-order valence-electron chi connectivity index (χ1n) is 15.6. The van der Waals surface area contributed by atoms with Crippen LogP contribution in [0, 0.1) is 5.92 Å². The number of esters is 2. The third-order valence-corrected chi connectivity index (χ3v) is 8.92. The number of anilines is 1. The van der Waals surface area contributed by atoms with Gasteiger partial charge in [0.1, 0.15) is 29.2 Å². The third kappa shape index (κ3) is 13.8. The molecule has 0 aliphatic heterocycles. The molecule has 2 aromatic carbocycles. The van der Waals surface area contributed by atoms with E-state index in [1.807, 2.05) is 44.2 Å². The summed E-state index contributed by atoms with van der Waals surface area (Å²) in [5.41, 5.74) is -0.175. The molecule has 15 heteroatoms. The topological polar surface area (TPSA) is 196 Å². The number of halogens is 2. The first-order valence-corrected chi connectivity index (χ1v) is 17.2. The van der Waals surface area contributed by atoms with Crippen molar-refractivity contribution in [3.63, 3.8) is 0 Å². The number of hydrogen-bond donors (Lipinski definition) is 7. The normalized spacial score (nSPS) is 17.9. The molecule has 0 heterocycles. The maximum absolute atomic E-state index is 12.2. The molecule has 0 saturated heterocycles. The van der Waals surface area contributed by atoms with E-state index in [-0.39, 0.29) is 42.7 Å². The zero-order valence-electron chi connectivity index (χ0n) is 28.0. The number of urea groups is 2. The van der Waals surface area contributed by atoms with Crippen LogP contribution in [0.25, 0.3) is 0 Å². The molecule has 2 unspecified atom stereocenters. The van der Waals surface area contributed by atoms with Crippen LogP contribution in [0.15, 0.2) is 69.6 Å². The van der Waals surface area contributed by atoms with E-state index < -0.39 is 47.7 Å². The second kappa shape index (κ2) is 19.8. The van der Waals surface area contributed by atoms with E-state index >= 15 is 0 Å². The van der Waals surface area contributed by atoms with Crippen LogP contribution in [-0.2, 0) is 25.5 Å². The van der Waals surface area contributed by atoms with E-state index in [0.29, 0.717) is 15.4 Å². The number of benzene rings is 2. The van der Waals surface area contributed by atoms with Crippen LogP contribution < -0.4 is 21.3 Å². The lowest BCUT2D eigenvalue weighted by Gasteiger charge is -2.29. The Kier molecular flexibility index (Phi) is 16.6. The van der Waals surface area contributed by atoms with E-state index in [4.69, 9.17) is 9.47 Å². The van der Waals surface area contributed by atoms with Gasteiger partial charge in [0.2, 0.25) is 0 Å². The highest BCUT2D eigenvalue weighted by atomic mass is 79.9. The zero-order chi connectivity index (χ0) is 36.7. The van der Waals surface area contributed by atoms with E-state index in [9.17, 15) is 34.5 Å². The molecule has 7 N–H and O–H groups in total. The number of carbonyl (C=O) groups is 4. The Morgan fingerprint density at radius 2 is 1.41 bits per heavy atom. The van der Waals surface area contributed by atoms with Crippen molar-refractivity contribution >= 4 is 61.5 Å². The van der Waals surface area contributed by atoms with Gasteiger partial charge in [-0.1, -0.05) is 76.0 Å². The van der Waals surface area contributed by atoms with E-state index in [1.165, 1.54) is 12.1 Å². The van der Waals surface area contributed by atoms with Gasteiger partial charge in [0.15, 0.2) is 0 Å². The number of phenolic OH excluding ortho intramolecular Hbond substituents is 2. The highest BCUT2D eigenvalue weighted by Gasteiger charge is 2.33. The number of amides is 4. The molecule has 2 atom stereocenters. The summed E-state index contributed by atoms with van der Waals surface area (Å²) in [6.07, 6.45) is 4.14. The third-order valence-electron chi connectivity index (χ3n) is 6.85. The summed E-state index contributed by atoms with van der Waals surface area (Å²) < 4.78 is 11.1. The molecule has 0 radical (unpaired) electrons. The fourth-order valence-electron chi connectivity index (χ4n) is 4.39. The summed E-state index contributed by atoms with van der Waals surface area (Å²) >= 11 is 6.60. The predicted molar refractivity (Wildman–Crippen MR) is 192 cm³/mol. The van der Waals surface area contributed by atoms with E-state index in [0.717, 1.165) is 11.6 Å². The highest BCUT2D eigenvalue weighted by Crippen LogP contribution is 2.37. The average molecular weight is 813 g/mol. The maximum atomic E-state index is 12.2. The lowest BCUT2D eigenvalue weighted by molar-refractivity contribution is -0.146. The van der Waals surface area contributed by atoms with Crippen LogP contribution in [0.1, 0.15) is 46.6 Å². The summed E-state index contributed by atoms with van der Waals surface area (Å²) in [5.74, 6) is -1.17. The van der Waals surface area contributed by atoms with Gasteiger partial charge in [0.25, 0.3) is 0 Å². The summed E-state index contributed by atoms with van der Waals surface area (Å²) in [4.78, 5) is 48.4. The minimum atomic E-state index is -1.15. The van der Waals surface area contributed by atoms with Gasteiger partial charge >= 0.3 is 24.0 Å². The van der Waals surface area contributed by atoms with Gasteiger partial charge in [-0.3, -0.25) is 0 Å². The molecule has 13 nitrogen and oxygen atoms in total. The fraction of sp³-hybridized carbons (Fsp3) is 0.412. The molecule has 1 aliphatic carbocycles. The van der Waals surface area contributed by atoms with Crippen molar-refractivity contribution in [2.24, 2.45) is 5.92 Å². The minimum Gasteiger partial charge on any atom is -0.508 e. The number of aromatic hydroxyl groups is 2. The van der Waals surface area contributed by atoms with Crippen LogP contribution in [0.4, 0.5) is 15.3 Å². The molecule has 2 aromatic rings. The Balaban J connectivity index is 0.000000341. The van der Waals surface area contributed by atoms with Gasteiger partial charge in [0, 0.05) is 21.5 Å². The smallest absolute Gasteiger partial charge is 0.329 e. The maximum Gasteiger partial charge on any atom is 0.329 e. The zero-order valence-corrected chi connectivity index (χ0v) is 31.1. The molecule has 0 spiro atoms. The Morgan fingerprint density at radius 3 is 1.94 bits per heavy atom. The van der Waals surface area contributed by atoms with Gasteiger partial charge in [-0.15, -0.1) is 0 Å². The second-order valence-corrected chi connectivity index (χ2v) is 13.2. The summed E-state index contributed by atoms with van der Waals surface area (Å²) in [5, 5.41) is 39.6. The van der Waals surface area contributed by atoms with Gasteiger partial charge in [0.05, 0.1) is 24.9 Å². The Hall–Kier alpha value is -4.08. The number of nitrogens with one attached hydrogen (secondary N) is 4. The van der Waals surface area contributed by atoms with E-state index in [2.05, 4.69) is 53.1 Å². The molecular formula is C34H44Br2N4O9. The number of aliphatic hydroxyl groups is 1. The highest BCUT2D eigenvalue weighted by molar-refractivity contribution is 9.12. The quantitative estimate of drug-likeness (QED) is 0.0841. The van der Waals surface area contributed by atoms with Crippen LogP contribution in [0.2, 0.25) is 0 Å². The molecule has 0 bridgehead atoms. The van der Waals surface area contributed by atoms with Crippen molar-refractivity contribution in [3.8, 4) is 11.5 Å². The molecule has 0 saturated carbocycles. The van der Waals surface area contributed by atoms with E-state index in [1.54, 1.807) is 32.9 Å². The summed E-state index contributed by atoms with van der Waals surface area (Å²) in [6, 6.07) is 9.85. The summed E-state index contributed by atoms with van der Waals surface area (Å²) in [6.45, 7) is 9.44. The molecular weight excluding hydrogens is 768 g/mol. The van der Waals surface area contributed by atoms with Crippen molar-refractivity contribution in [1.82, 2.24) is 16.0 Å². The fourth-order valence-corrected chi connectivity index (χ4v) is 5.66.